The SMILES string of the molecule is CCc1c(Cl)nc(C)nc1NC1CCOC1c1ccc(F)c(F)c1. The van der Waals surface area contributed by atoms with E-state index in [-0.39, 0.29) is 12.1 Å². The predicted octanol–water partition coefficient (Wildman–Crippen LogP) is 4.22. The number of nitrogens with one attached hydrogen (secondary N) is 1. The molecule has 2 atom stereocenters. The van der Waals surface area contributed by atoms with Crippen LogP contribution in [0.5, 0.6) is 0 Å². The molecule has 0 spiro atoms. The van der Waals surface area contributed by atoms with E-state index < -0.39 is 11.6 Å². The summed E-state index contributed by atoms with van der Waals surface area (Å²) < 4.78 is 32.4. The Morgan fingerprint density at radius 3 is 2.79 bits per heavy atom. The van der Waals surface area contributed by atoms with Gasteiger partial charge in [0.05, 0.1) is 6.04 Å². The van der Waals surface area contributed by atoms with Crippen molar-refractivity contribution < 1.29 is 13.5 Å². The average Bonchev–Trinajstić information content (AvgIpc) is 2.98. The number of aryl methyl sites for hydroxylation is 1. The molecule has 4 nitrogen and oxygen atoms in total. The quantitative estimate of drug-likeness (QED) is 0.836. The Morgan fingerprint density at radius 1 is 1.29 bits per heavy atom. The van der Waals surface area contributed by atoms with Gasteiger partial charge in [-0.1, -0.05) is 24.6 Å². The fourth-order valence-corrected chi connectivity index (χ4v) is 3.27. The Kier molecular flexibility index (Phi) is 4.96. The van der Waals surface area contributed by atoms with Gasteiger partial charge in [0.25, 0.3) is 0 Å². The molecule has 0 bridgehead atoms. The molecule has 0 saturated carbocycles. The first-order chi connectivity index (χ1) is 11.5. The smallest absolute Gasteiger partial charge is 0.159 e. The van der Waals surface area contributed by atoms with Crippen LogP contribution in [0.2, 0.25) is 5.15 Å². The summed E-state index contributed by atoms with van der Waals surface area (Å²) in [6.45, 7) is 4.28. The van der Waals surface area contributed by atoms with Crippen molar-refractivity contribution in [2.45, 2.75) is 38.8 Å². The molecular formula is C17H18ClF2N3O. The molecule has 0 radical (unpaired) electrons. The normalized spacial score (nSPS) is 20.4. The van der Waals surface area contributed by atoms with Gasteiger partial charge in [-0.3, -0.25) is 0 Å². The van der Waals surface area contributed by atoms with E-state index in [1.54, 1.807) is 13.0 Å². The summed E-state index contributed by atoms with van der Waals surface area (Å²) in [6.07, 6.45) is 1.04. The highest BCUT2D eigenvalue weighted by Crippen LogP contribution is 2.33. The van der Waals surface area contributed by atoms with E-state index in [0.717, 1.165) is 18.1 Å². The molecular weight excluding hydrogens is 336 g/mol. The number of ether oxygens (including phenoxy) is 1. The first kappa shape index (κ1) is 17.0. The standard InChI is InChI=1S/C17H18ClF2N3O/c1-3-11-16(18)21-9(2)22-17(11)23-14-6-7-24-15(14)10-4-5-12(19)13(20)8-10/h4-5,8,14-15H,3,6-7H2,1-2H3,(H,21,22,23). The van der Waals surface area contributed by atoms with Crippen molar-refractivity contribution >= 4 is 17.4 Å². The lowest BCUT2D eigenvalue weighted by atomic mass is 10.0. The summed E-state index contributed by atoms with van der Waals surface area (Å²) in [4.78, 5) is 8.60. The van der Waals surface area contributed by atoms with Gasteiger partial charge in [0.15, 0.2) is 11.6 Å². The van der Waals surface area contributed by atoms with E-state index in [9.17, 15) is 8.78 Å². The van der Waals surface area contributed by atoms with Gasteiger partial charge in [0.1, 0.15) is 22.9 Å². The summed E-state index contributed by atoms with van der Waals surface area (Å²) in [5.41, 5.74) is 1.43. The number of rotatable bonds is 4. The van der Waals surface area contributed by atoms with Crippen LogP contribution in [0, 0.1) is 18.6 Å². The molecule has 2 heterocycles. The Morgan fingerprint density at radius 2 is 2.08 bits per heavy atom. The third-order valence-electron chi connectivity index (χ3n) is 4.11. The van der Waals surface area contributed by atoms with Gasteiger partial charge < -0.3 is 10.1 Å². The largest absolute Gasteiger partial charge is 0.371 e. The van der Waals surface area contributed by atoms with Gasteiger partial charge in [-0.2, -0.15) is 0 Å². The van der Waals surface area contributed by atoms with E-state index in [4.69, 9.17) is 16.3 Å². The van der Waals surface area contributed by atoms with E-state index >= 15 is 0 Å². The Balaban J connectivity index is 1.88. The lowest BCUT2D eigenvalue weighted by molar-refractivity contribution is 0.107. The highest BCUT2D eigenvalue weighted by molar-refractivity contribution is 6.30. The molecule has 1 N–H and O–H groups in total. The molecule has 1 aromatic heterocycles. The summed E-state index contributed by atoms with van der Waals surface area (Å²) in [5, 5.41) is 3.77. The first-order valence-electron chi connectivity index (χ1n) is 7.85. The zero-order valence-corrected chi connectivity index (χ0v) is 14.2. The van der Waals surface area contributed by atoms with E-state index in [0.29, 0.717) is 35.4 Å². The van der Waals surface area contributed by atoms with Gasteiger partial charge in [0, 0.05) is 12.2 Å². The summed E-state index contributed by atoms with van der Waals surface area (Å²) in [5.74, 6) is -0.509. The van der Waals surface area contributed by atoms with Gasteiger partial charge in [-0.25, -0.2) is 18.7 Å². The van der Waals surface area contributed by atoms with Crippen LogP contribution in [0.25, 0.3) is 0 Å². The van der Waals surface area contributed by atoms with Crippen LogP contribution in [0.4, 0.5) is 14.6 Å². The third kappa shape index (κ3) is 3.35. The van der Waals surface area contributed by atoms with E-state index in [1.807, 2.05) is 6.92 Å². The first-order valence-corrected chi connectivity index (χ1v) is 8.23. The Hall–Kier alpha value is -1.79. The number of benzene rings is 1. The topological polar surface area (TPSA) is 47.0 Å². The van der Waals surface area contributed by atoms with Crippen molar-refractivity contribution in [2.75, 3.05) is 11.9 Å². The van der Waals surface area contributed by atoms with Crippen LogP contribution < -0.4 is 5.32 Å². The lowest BCUT2D eigenvalue weighted by Gasteiger charge is -2.22. The molecule has 2 aromatic rings. The molecule has 3 rings (SSSR count). The number of nitrogens with zero attached hydrogens (tertiary/aromatic N) is 2. The average molecular weight is 354 g/mol. The Labute approximate surface area is 144 Å². The molecule has 128 valence electrons. The second-order valence-electron chi connectivity index (χ2n) is 5.75. The van der Waals surface area contributed by atoms with Gasteiger partial charge >= 0.3 is 0 Å². The molecule has 7 heteroatoms. The van der Waals surface area contributed by atoms with Gasteiger partial charge in [-0.15, -0.1) is 0 Å². The maximum atomic E-state index is 13.5. The minimum Gasteiger partial charge on any atom is -0.371 e. The summed E-state index contributed by atoms with van der Waals surface area (Å²) >= 11 is 6.20. The number of anilines is 1. The van der Waals surface area contributed by atoms with Crippen LogP contribution in [-0.2, 0) is 11.2 Å². The van der Waals surface area contributed by atoms with Gasteiger partial charge in [0.2, 0.25) is 0 Å². The predicted molar refractivity (Wildman–Crippen MR) is 88.2 cm³/mol. The van der Waals surface area contributed by atoms with Crippen molar-refractivity contribution in [3.05, 3.63) is 51.9 Å². The second-order valence-corrected chi connectivity index (χ2v) is 6.10. The molecule has 2 unspecified atom stereocenters. The molecule has 1 saturated heterocycles. The molecule has 0 amide bonds. The van der Waals surface area contributed by atoms with Gasteiger partial charge in [-0.05, 0) is 37.5 Å². The van der Waals surface area contributed by atoms with Crippen LogP contribution >= 0.6 is 11.6 Å². The molecule has 0 aliphatic carbocycles. The van der Waals surface area contributed by atoms with Crippen LogP contribution in [0.3, 0.4) is 0 Å². The zero-order valence-electron chi connectivity index (χ0n) is 13.4. The molecule has 1 aliphatic heterocycles. The fraction of sp³-hybridized carbons (Fsp3) is 0.412. The number of aromatic nitrogens is 2. The number of hydrogen-bond acceptors (Lipinski definition) is 4. The highest BCUT2D eigenvalue weighted by Gasteiger charge is 2.31. The summed E-state index contributed by atoms with van der Waals surface area (Å²) in [7, 11) is 0. The van der Waals surface area contributed by atoms with Crippen molar-refractivity contribution in [3.8, 4) is 0 Å². The third-order valence-corrected chi connectivity index (χ3v) is 4.42. The minimum atomic E-state index is -0.878. The van der Waals surface area contributed by atoms with Crippen LogP contribution in [0.1, 0.15) is 36.4 Å². The maximum absolute atomic E-state index is 13.5. The maximum Gasteiger partial charge on any atom is 0.159 e. The summed E-state index contributed by atoms with van der Waals surface area (Å²) in [6, 6.07) is 3.73. The van der Waals surface area contributed by atoms with Crippen molar-refractivity contribution in [3.63, 3.8) is 0 Å². The molecule has 1 fully saturated rings. The highest BCUT2D eigenvalue weighted by atomic mass is 35.5. The van der Waals surface area contributed by atoms with Crippen molar-refractivity contribution in [1.29, 1.82) is 0 Å². The lowest BCUT2D eigenvalue weighted by Crippen LogP contribution is -2.25. The van der Waals surface area contributed by atoms with Crippen LogP contribution in [-0.4, -0.2) is 22.6 Å². The van der Waals surface area contributed by atoms with Crippen molar-refractivity contribution in [2.24, 2.45) is 0 Å². The van der Waals surface area contributed by atoms with E-state index in [2.05, 4.69) is 15.3 Å². The second kappa shape index (κ2) is 6.99. The Bertz CT molecular complexity index is 757. The van der Waals surface area contributed by atoms with Crippen LogP contribution in [0.15, 0.2) is 18.2 Å². The minimum absolute atomic E-state index is 0.106. The number of hydrogen-bond donors (Lipinski definition) is 1. The zero-order chi connectivity index (χ0) is 17.3. The van der Waals surface area contributed by atoms with Crippen molar-refractivity contribution in [1.82, 2.24) is 9.97 Å². The molecule has 1 aromatic carbocycles. The fourth-order valence-electron chi connectivity index (χ4n) is 2.93. The molecule has 24 heavy (non-hydrogen) atoms. The molecule has 1 aliphatic rings. The number of halogens is 3. The van der Waals surface area contributed by atoms with E-state index in [1.165, 1.54) is 6.07 Å². The monoisotopic (exact) mass is 353 g/mol.